The molecule has 1 aromatic heterocycles. The maximum Gasteiger partial charge on any atom is 0.161 e. The molecule has 1 rings (SSSR count). The topological polar surface area (TPSA) is 30.0 Å². The largest absolute Gasteiger partial charge is 0.294 e. The van der Waals surface area contributed by atoms with E-state index in [1.807, 2.05) is 0 Å². The van der Waals surface area contributed by atoms with E-state index in [9.17, 15) is 4.79 Å². The van der Waals surface area contributed by atoms with Crippen LogP contribution in [0.15, 0.2) is 24.5 Å². The molecule has 0 unspecified atom stereocenters. The molecule has 0 spiro atoms. The van der Waals surface area contributed by atoms with Gasteiger partial charge in [-0.1, -0.05) is 0 Å². The smallest absolute Gasteiger partial charge is 0.161 e. The predicted molar refractivity (Wildman–Crippen MR) is 34.2 cm³/mol. The first-order chi connectivity index (χ1) is 4.30. The van der Waals surface area contributed by atoms with E-state index in [4.69, 9.17) is 0 Å². The highest BCUT2D eigenvalue weighted by Crippen LogP contribution is 1.94. The van der Waals surface area contributed by atoms with Gasteiger partial charge in [0.15, 0.2) is 5.78 Å². The number of pyridine rings is 1. The molecular formula is C7H7NO. The van der Waals surface area contributed by atoms with Crippen LogP contribution in [0.3, 0.4) is 0 Å². The highest BCUT2D eigenvalue weighted by atomic mass is 16.1. The van der Waals surface area contributed by atoms with Gasteiger partial charge in [-0.05, 0) is 19.1 Å². The van der Waals surface area contributed by atoms with Gasteiger partial charge in [-0.2, -0.15) is 0 Å². The van der Waals surface area contributed by atoms with Crippen molar-refractivity contribution < 1.29 is 4.79 Å². The molecular weight excluding hydrogens is 113 g/mol. The lowest BCUT2D eigenvalue weighted by atomic mass is 9.81. The highest BCUT2D eigenvalue weighted by Gasteiger charge is 1.93. The molecule has 0 radical (unpaired) electrons. The van der Waals surface area contributed by atoms with Gasteiger partial charge < -0.3 is 0 Å². The monoisotopic (exact) mass is 120 g/mol. The van der Waals surface area contributed by atoms with E-state index in [1.165, 1.54) is 6.92 Å². The fraction of sp³-hybridized carbons (Fsp3) is 0.143. The van der Waals surface area contributed by atoms with E-state index in [2.05, 4.69) is 4.98 Å². The molecule has 2 heteroatoms. The average molecular weight is 120 g/mol. The van der Waals surface area contributed by atoms with Gasteiger partial charge in [0.1, 0.15) is 0 Å². The number of nitrogens with zero attached hydrogens (tertiary/aromatic N) is 1. The van der Waals surface area contributed by atoms with Gasteiger partial charge in [0.05, 0.1) is 0 Å². The Kier molecular flexibility index (Phi) is 1.58. The van der Waals surface area contributed by atoms with Crippen LogP contribution in [0.2, 0.25) is 0 Å². The lowest BCUT2D eigenvalue weighted by molar-refractivity contribution is 0.101. The molecule has 0 aliphatic carbocycles. The quantitative estimate of drug-likeness (QED) is 0.522. The minimum Gasteiger partial charge on any atom is -0.294 e. The van der Waals surface area contributed by atoms with Crippen LogP contribution in [-0.4, -0.2) is 10.8 Å². The molecule has 0 aliphatic heterocycles. The zero-order chi connectivity index (χ0) is 6.69. The number of carbonyl (C=O) groups is 1. The summed E-state index contributed by atoms with van der Waals surface area (Å²) in [6.45, 7) is 1.52. The van der Waals surface area contributed by atoms with Gasteiger partial charge in [-0.3, -0.25) is 9.78 Å². The second kappa shape index (κ2) is 2.40. The van der Waals surface area contributed by atoms with Crippen LogP contribution >= 0.6 is 0 Å². The molecule has 46 valence electrons. The maximum atomic E-state index is 10.6. The maximum absolute atomic E-state index is 10.6. The summed E-state index contributed by atoms with van der Waals surface area (Å²) in [6, 6.07) is 3.49. The lowest BCUT2D eigenvalue weighted by Crippen LogP contribution is -1.90. The van der Waals surface area contributed by atoms with Gasteiger partial charge in [-0.15, -0.1) is 0 Å². The van der Waals surface area contributed by atoms with Crippen LogP contribution in [0.4, 0.5) is 0 Å². The second-order valence-corrected chi connectivity index (χ2v) is 1.80. The Hall–Kier alpha value is -1.18. The molecule has 0 bridgehead atoms. The molecule has 0 N–H and O–H groups in total. The van der Waals surface area contributed by atoms with Crippen molar-refractivity contribution in [2.24, 2.45) is 0 Å². The van der Waals surface area contributed by atoms with Crippen LogP contribution in [0.1, 0.15) is 17.3 Å². The summed E-state index contributed by atoms with van der Waals surface area (Å²) >= 11 is 0. The van der Waals surface area contributed by atoms with Crippen molar-refractivity contribution >= 4 is 5.78 Å². The number of aromatic nitrogens is 1. The minimum atomic E-state index is 0.0584. The van der Waals surface area contributed by atoms with Crippen LogP contribution in [-0.2, 0) is 0 Å². The van der Waals surface area contributed by atoms with Gasteiger partial charge in [0.25, 0.3) is 0 Å². The molecule has 0 aromatic carbocycles. The van der Waals surface area contributed by atoms with Crippen molar-refractivity contribution in [3.8, 4) is 0 Å². The van der Waals surface area contributed by atoms with E-state index in [0.717, 1.165) is 0 Å². The third-order valence-electron chi connectivity index (χ3n) is 1.07. The predicted octanol–water partition coefficient (Wildman–Crippen LogP) is 1.28. The molecule has 1 heterocycles. The third kappa shape index (κ3) is 1.35. The SMILES string of the molecule is C[11C](=O)c1cccnc1. The van der Waals surface area contributed by atoms with Crippen LogP contribution in [0.25, 0.3) is 0 Å². The summed E-state index contributed by atoms with van der Waals surface area (Å²) in [4.78, 5) is 14.4. The average Bonchev–Trinajstić information content (AvgIpc) is 1.90. The fourth-order valence-corrected chi connectivity index (χ4v) is 0.571. The van der Waals surface area contributed by atoms with Gasteiger partial charge in [-0.25, -0.2) is 0 Å². The summed E-state index contributed by atoms with van der Waals surface area (Å²) in [6.07, 6.45) is 3.20. The summed E-state index contributed by atoms with van der Waals surface area (Å²) in [5.41, 5.74) is 0.664. The second-order valence-electron chi connectivity index (χ2n) is 1.80. The fourth-order valence-electron chi connectivity index (χ4n) is 0.571. The Labute approximate surface area is 53.5 Å². The Morgan fingerprint density at radius 1 is 1.67 bits per heavy atom. The van der Waals surface area contributed by atoms with Crippen molar-refractivity contribution in [3.63, 3.8) is 0 Å². The summed E-state index contributed by atoms with van der Waals surface area (Å²) in [7, 11) is 0. The van der Waals surface area contributed by atoms with Crippen molar-refractivity contribution in [1.82, 2.24) is 4.98 Å². The number of hydrogen-bond acceptors (Lipinski definition) is 2. The van der Waals surface area contributed by atoms with Crippen LogP contribution in [0.5, 0.6) is 0 Å². The molecule has 0 amide bonds. The first-order valence-electron chi connectivity index (χ1n) is 2.71. The Morgan fingerprint density at radius 2 is 2.44 bits per heavy atom. The zero-order valence-corrected chi connectivity index (χ0v) is 5.16. The van der Waals surface area contributed by atoms with E-state index >= 15 is 0 Å². The molecule has 9 heavy (non-hydrogen) atoms. The third-order valence-corrected chi connectivity index (χ3v) is 1.07. The molecule has 0 saturated carbocycles. The van der Waals surface area contributed by atoms with Gasteiger partial charge in [0, 0.05) is 18.0 Å². The number of carbonyl (C=O) groups excluding carboxylic acids is 1. The summed E-state index contributed by atoms with van der Waals surface area (Å²) in [5, 5.41) is 0. The van der Waals surface area contributed by atoms with E-state index in [1.54, 1.807) is 24.5 Å². The molecule has 0 saturated heterocycles. The Bertz CT molecular complexity index is 205. The van der Waals surface area contributed by atoms with E-state index in [0.29, 0.717) is 5.56 Å². The summed E-state index contributed by atoms with van der Waals surface area (Å²) < 4.78 is 0. The first-order valence-corrected chi connectivity index (χ1v) is 2.71. The lowest BCUT2D eigenvalue weighted by Gasteiger charge is -1.88. The molecule has 0 aliphatic rings. The van der Waals surface area contributed by atoms with Crippen molar-refractivity contribution in [2.75, 3.05) is 0 Å². The molecule has 0 fully saturated rings. The molecule has 1 aromatic rings. The standard InChI is InChI=1S/C7H7NO/c1-6(9)7-3-2-4-8-5-7/h2-5H,1H3/i6-1. The van der Waals surface area contributed by atoms with E-state index in [-0.39, 0.29) is 5.78 Å². The number of rotatable bonds is 1. The van der Waals surface area contributed by atoms with Crippen molar-refractivity contribution in [3.05, 3.63) is 30.1 Å². The van der Waals surface area contributed by atoms with Crippen molar-refractivity contribution in [1.29, 1.82) is 0 Å². The van der Waals surface area contributed by atoms with Crippen LogP contribution in [0, 0.1) is 0 Å². The highest BCUT2D eigenvalue weighted by molar-refractivity contribution is 5.93. The summed E-state index contributed by atoms with van der Waals surface area (Å²) in [5.74, 6) is 0.0584. The minimum absolute atomic E-state index is 0.0584. The Balaban J connectivity index is 2.98. The van der Waals surface area contributed by atoms with Crippen LogP contribution < -0.4 is 0 Å². The molecule has 0 atom stereocenters. The van der Waals surface area contributed by atoms with E-state index < -0.39 is 0 Å². The number of ketones is 1. The molecule has 2 nitrogen and oxygen atoms in total. The zero-order valence-electron chi connectivity index (χ0n) is 5.16. The van der Waals surface area contributed by atoms with Gasteiger partial charge in [0.2, 0.25) is 0 Å². The normalized spacial score (nSPS) is 9.00. The van der Waals surface area contributed by atoms with Gasteiger partial charge >= 0.3 is 0 Å². The number of Topliss-reactive ketones (excluding diaryl/α,β-unsaturated/α-hetero) is 1. The number of hydrogen-bond donors (Lipinski definition) is 0. The van der Waals surface area contributed by atoms with Crippen molar-refractivity contribution in [2.45, 2.75) is 6.92 Å². The Morgan fingerprint density at radius 3 is 2.78 bits per heavy atom. The first kappa shape index (κ1) is 5.95.